The van der Waals surface area contributed by atoms with E-state index in [0.29, 0.717) is 11.2 Å². The Morgan fingerprint density at radius 1 is 1.50 bits per heavy atom. The van der Waals surface area contributed by atoms with Gasteiger partial charge in [0, 0.05) is 17.1 Å². The van der Waals surface area contributed by atoms with Crippen LogP contribution in [0.1, 0.15) is 17.4 Å². The Bertz CT molecular complexity index is 583. The molecule has 1 amide bonds. The van der Waals surface area contributed by atoms with Crippen LogP contribution in [0.3, 0.4) is 0 Å². The van der Waals surface area contributed by atoms with E-state index in [0.717, 1.165) is 5.39 Å². The average molecular weight is 245 g/mol. The summed E-state index contributed by atoms with van der Waals surface area (Å²) in [6.07, 6.45) is 0. The molecule has 1 aromatic carbocycles. The highest BCUT2D eigenvalue weighted by molar-refractivity contribution is 5.99. The van der Waals surface area contributed by atoms with Gasteiger partial charge in [-0.2, -0.15) is 0 Å². The van der Waals surface area contributed by atoms with Crippen molar-refractivity contribution in [1.82, 2.24) is 10.3 Å². The highest BCUT2D eigenvalue weighted by atomic mass is 16.3. The van der Waals surface area contributed by atoms with E-state index in [9.17, 15) is 4.79 Å². The van der Waals surface area contributed by atoms with E-state index in [-0.39, 0.29) is 24.2 Å². The summed E-state index contributed by atoms with van der Waals surface area (Å²) in [4.78, 5) is 16.1. The number of anilines is 1. The van der Waals surface area contributed by atoms with Crippen molar-refractivity contribution in [2.45, 2.75) is 13.0 Å². The van der Waals surface area contributed by atoms with Crippen molar-refractivity contribution < 1.29 is 9.90 Å². The molecule has 0 spiro atoms. The summed E-state index contributed by atoms with van der Waals surface area (Å²) < 4.78 is 0. The van der Waals surface area contributed by atoms with Gasteiger partial charge in [0.2, 0.25) is 0 Å². The molecule has 0 saturated carbocycles. The number of nitrogen functional groups attached to an aromatic ring is 1. The second kappa shape index (κ2) is 5.01. The number of aromatic nitrogens is 1. The number of carbonyl (C=O) groups excluding carboxylic acids is 1. The van der Waals surface area contributed by atoms with Gasteiger partial charge >= 0.3 is 0 Å². The molecule has 0 fully saturated rings. The van der Waals surface area contributed by atoms with Crippen molar-refractivity contribution in [2.24, 2.45) is 0 Å². The molecule has 5 nitrogen and oxygen atoms in total. The van der Waals surface area contributed by atoms with Crippen LogP contribution in [-0.2, 0) is 0 Å². The van der Waals surface area contributed by atoms with Crippen LogP contribution in [0.2, 0.25) is 0 Å². The monoisotopic (exact) mass is 245 g/mol. The number of nitrogens with two attached hydrogens (primary N) is 1. The van der Waals surface area contributed by atoms with E-state index in [1.807, 2.05) is 18.2 Å². The summed E-state index contributed by atoms with van der Waals surface area (Å²) in [7, 11) is 0. The van der Waals surface area contributed by atoms with Gasteiger partial charge in [0.15, 0.2) is 0 Å². The van der Waals surface area contributed by atoms with E-state index >= 15 is 0 Å². The molecule has 1 atom stereocenters. The van der Waals surface area contributed by atoms with Crippen molar-refractivity contribution in [3.63, 3.8) is 0 Å². The standard InChI is InChI=1S/C13H15N3O2/c1-8(7-17)15-13(18)12-6-10(14)9-4-2-3-5-11(9)16-12/h2-6,8,17H,7H2,1H3,(H2,14,16)(H,15,18). The minimum Gasteiger partial charge on any atom is -0.398 e. The number of carbonyl (C=O) groups is 1. The van der Waals surface area contributed by atoms with Gasteiger partial charge in [0.25, 0.3) is 5.91 Å². The number of benzene rings is 1. The third-order valence-corrected chi connectivity index (χ3v) is 2.63. The number of para-hydroxylation sites is 1. The third kappa shape index (κ3) is 2.41. The second-order valence-electron chi connectivity index (χ2n) is 4.17. The molecule has 2 aromatic rings. The lowest BCUT2D eigenvalue weighted by Gasteiger charge is -2.11. The summed E-state index contributed by atoms with van der Waals surface area (Å²) in [5.74, 6) is -0.339. The van der Waals surface area contributed by atoms with E-state index in [1.165, 1.54) is 0 Å². The summed E-state index contributed by atoms with van der Waals surface area (Å²) in [6, 6.07) is 8.60. The number of pyridine rings is 1. The maximum Gasteiger partial charge on any atom is 0.270 e. The van der Waals surface area contributed by atoms with E-state index in [1.54, 1.807) is 19.1 Å². The first kappa shape index (κ1) is 12.3. The zero-order chi connectivity index (χ0) is 13.1. The first-order valence-electron chi connectivity index (χ1n) is 5.69. The number of aliphatic hydroxyl groups is 1. The molecule has 0 bridgehead atoms. The predicted octanol–water partition coefficient (Wildman–Crippen LogP) is 0.928. The Kier molecular flexibility index (Phi) is 3.43. The number of amides is 1. The fourth-order valence-corrected chi connectivity index (χ4v) is 1.66. The average Bonchev–Trinajstić information content (AvgIpc) is 2.38. The van der Waals surface area contributed by atoms with Crippen molar-refractivity contribution in [3.8, 4) is 0 Å². The molecule has 1 unspecified atom stereocenters. The number of nitrogens with one attached hydrogen (secondary N) is 1. The number of aliphatic hydroxyl groups excluding tert-OH is 1. The van der Waals surface area contributed by atoms with Crippen LogP contribution in [-0.4, -0.2) is 28.6 Å². The Labute approximate surface area is 105 Å². The normalized spacial score (nSPS) is 12.3. The molecule has 1 heterocycles. The van der Waals surface area contributed by atoms with Crippen LogP contribution in [0.25, 0.3) is 10.9 Å². The maximum absolute atomic E-state index is 11.9. The highest BCUT2D eigenvalue weighted by Gasteiger charge is 2.12. The van der Waals surface area contributed by atoms with Gasteiger partial charge in [0.05, 0.1) is 12.1 Å². The first-order chi connectivity index (χ1) is 8.61. The second-order valence-corrected chi connectivity index (χ2v) is 4.17. The molecule has 0 saturated heterocycles. The zero-order valence-corrected chi connectivity index (χ0v) is 10.1. The quantitative estimate of drug-likeness (QED) is 0.750. The molecule has 0 aliphatic rings. The lowest BCUT2D eigenvalue weighted by Crippen LogP contribution is -2.35. The lowest BCUT2D eigenvalue weighted by molar-refractivity contribution is 0.0917. The molecular formula is C13H15N3O2. The van der Waals surface area contributed by atoms with E-state index in [2.05, 4.69) is 10.3 Å². The fraction of sp³-hybridized carbons (Fsp3) is 0.231. The summed E-state index contributed by atoms with van der Waals surface area (Å²) in [6.45, 7) is 1.59. The van der Waals surface area contributed by atoms with Crippen molar-refractivity contribution in [1.29, 1.82) is 0 Å². The van der Waals surface area contributed by atoms with Crippen LogP contribution in [0.5, 0.6) is 0 Å². The highest BCUT2D eigenvalue weighted by Crippen LogP contribution is 2.19. The predicted molar refractivity (Wildman–Crippen MR) is 70.2 cm³/mol. The van der Waals surface area contributed by atoms with E-state index < -0.39 is 0 Å². The largest absolute Gasteiger partial charge is 0.398 e. The molecule has 1 aromatic heterocycles. The molecule has 0 radical (unpaired) electrons. The maximum atomic E-state index is 11.9. The van der Waals surface area contributed by atoms with Gasteiger partial charge in [0.1, 0.15) is 5.69 Å². The van der Waals surface area contributed by atoms with Gasteiger partial charge in [-0.05, 0) is 19.1 Å². The number of nitrogens with zero attached hydrogens (tertiary/aromatic N) is 1. The van der Waals surface area contributed by atoms with Crippen molar-refractivity contribution >= 4 is 22.5 Å². The Morgan fingerprint density at radius 3 is 2.94 bits per heavy atom. The minimum atomic E-state index is -0.339. The van der Waals surface area contributed by atoms with Gasteiger partial charge in [-0.1, -0.05) is 18.2 Å². The van der Waals surface area contributed by atoms with E-state index in [4.69, 9.17) is 10.8 Å². The molecule has 4 N–H and O–H groups in total. The molecular weight excluding hydrogens is 230 g/mol. The lowest BCUT2D eigenvalue weighted by atomic mass is 10.1. The van der Waals surface area contributed by atoms with Crippen LogP contribution in [0, 0.1) is 0 Å². The summed E-state index contributed by atoms with van der Waals surface area (Å²) in [5, 5.41) is 12.4. The SMILES string of the molecule is CC(CO)NC(=O)c1cc(N)c2ccccc2n1. The smallest absolute Gasteiger partial charge is 0.270 e. The first-order valence-corrected chi connectivity index (χ1v) is 5.69. The van der Waals surface area contributed by atoms with Crippen LogP contribution in [0.4, 0.5) is 5.69 Å². The van der Waals surface area contributed by atoms with Crippen LogP contribution in [0.15, 0.2) is 30.3 Å². The van der Waals surface area contributed by atoms with Gasteiger partial charge in [-0.3, -0.25) is 4.79 Å². The number of hydrogen-bond acceptors (Lipinski definition) is 4. The van der Waals surface area contributed by atoms with Gasteiger partial charge in [-0.15, -0.1) is 0 Å². The number of fused-ring (bicyclic) bond motifs is 1. The van der Waals surface area contributed by atoms with Crippen LogP contribution >= 0.6 is 0 Å². The van der Waals surface area contributed by atoms with Gasteiger partial charge in [-0.25, -0.2) is 4.98 Å². The molecule has 0 aliphatic heterocycles. The summed E-state index contributed by atoms with van der Waals surface area (Å²) >= 11 is 0. The minimum absolute atomic E-state index is 0.116. The summed E-state index contributed by atoms with van der Waals surface area (Å²) in [5.41, 5.74) is 7.34. The topological polar surface area (TPSA) is 88.2 Å². The third-order valence-electron chi connectivity index (χ3n) is 2.63. The zero-order valence-electron chi connectivity index (χ0n) is 10.1. The van der Waals surface area contributed by atoms with Gasteiger partial charge < -0.3 is 16.2 Å². The molecule has 5 heteroatoms. The molecule has 94 valence electrons. The number of hydrogen-bond donors (Lipinski definition) is 3. The Balaban J connectivity index is 2.37. The fourth-order valence-electron chi connectivity index (χ4n) is 1.66. The molecule has 2 rings (SSSR count). The Hall–Kier alpha value is -2.14. The number of rotatable bonds is 3. The Morgan fingerprint density at radius 2 is 2.22 bits per heavy atom. The molecule has 0 aliphatic carbocycles. The molecule has 18 heavy (non-hydrogen) atoms. The van der Waals surface area contributed by atoms with Crippen molar-refractivity contribution in [3.05, 3.63) is 36.0 Å². The van der Waals surface area contributed by atoms with Crippen LogP contribution < -0.4 is 11.1 Å². The van der Waals surface area contributed by atoms with Crippen molar-refractivity contribution in [2.75, 3.05) is 12.3 Å².